The number of carboxylic acid groups (broad SMARTS) is 1. The van der Waals surface area contributed by atoms with Gasteiger partial charge in [0.2, 0.25) is 5.91 Å². The molecule has 5 heteroatoms. The van der Waals surface area contributed by atoms with Gasteiger partial charge in [-0.3, -0.25) is 4.79 Å². The summed E-state index contributed by atoms with van der Waals surface area (Å²) in [6, 6.07) is 6.45. The van der Waals surface area contributed by atoms with Crippen molar-refractivity contribution in [1.82, 2.24) is 4.90 Å². The molecule has 5 nitrogen and oxygen atoms in total. The number of aldehydes is 1. The first kappa shape index (κ1) is 14.2. The Kier molecular flexibility index (Phi) is 4.50. The van der Waals surface area contributed by atoms with E-state index in [9.17, 15) is 14.4 Å². The zero-order chi connectivity index (χ0) is 14.5. The summed E-state index contributed by atoms with van der Waals surface area (Å²) >= 11 is 0. The smallest absolute Gasteiger partial charge is 0.335 e. The fraction of sp³-hybridized carbons (Fsp3) is 0.400. The largest absolute Gasteiger partial charge is 0.478 e. The number of aryl methyl sites for hydroxylation is 1. The Morgan fingerprint density at radius 3 is 2.65 bits per heavy atom. The second-order valence-electron chi connectivity index (χ2n) is 4.93. The Morgan fingerprint density at radius 2 is 2.05 bits per heavy atom. The molecule has 0 radical (unpaired) electrons. The van der Waals surface area contributed by atoms with Gasteiger partial charge in [0.25, 0.3) is 0 Å². The zero-order valence-electron chi connectivity index (χ0n) is 11.1. The molecule has 0 spiro atoms. The molecular weight excluding hydrogens is 258 g/mol. The monoisotopic (exact) mass is 275 g/mol. The van der Waals surface area contributed by atoms with Crippen LogP contribution in [0.15, 0.2) is 24.3 Å². The summed E-state index contributed by atoms with van der Waals surface area (Å²) in [6.07, 6.45) is 3.44. The highest BCUT2D eigenvalue weighted by Gasteiger charge is 2.29. The van der Waals surface area contributed by atoms with Gasteiger partial charge < -0.3 is 14.8 Å². The predicted octanol–water partition coefficient (Wildman–Crippen LogP) is 1.51. The number of benzene rings is 1. The quantitative estimate of drug-likeness (QED) is 0.798. The van der Waals surface area contributed by atoms with E-state index in [0.717, 1.165) is 24.7 Å². The van der Waals surface area contributed by atoms with Crippen molar-refractivity contribution in [3.63, 3.8) is 0 Å². The first-order chi connectivity index (χ1) is 9.61. The number of likely N-dealkylation sites (tertiary alicyclic amines) is 1. The Balaban J connectivity index is 1.85. The van der Waals surface area contributed by atoms with Gasteiger partial charge in [0.05, 0.1) is 11.6 Å². The molecule has 1 fully saturated rings. The van der Waals surface area contributed by atoms with Crippen LogP contribution in [0.4, 0.5) is 0 Å². The van der Waals surface area contributed by atoms with Crippen LogP contribution in [0.5, 0.6) is 0 Å². The van der Waals surface area contributed by atoms with Crippen LogP contribution in [-0.4, -0.2) is 40.8 Å². The maximum absolute atomic E-state index is 11.6. The molecule has 0 aromatic heterocycles. The van der Waals surface area contributed by atoms with Gasteiger partial charge in [0.15, 0.2) is 0 Å². The summed E-state index contributed by atoms with van der Waals surface area (Å²) in [4.78, 5) is 34.8. The van der Waals surface area contributed by atoms with Crippen molar-refractivity contribution in [2.75, 3.05) is 6.54 Å². The first-order valence-corrected chi connectivity index (χ1v) is 6.69. The predicted molar refractivity (Wildman–Crippen MR) is 72.5 cm³/mol. The molecule has 0 saturated carbocycles. The number of aromatic carboxylic acids is 1. The molecule has 1 atom stereocenters. The minimum atomic E-state index is -0.937. The molecule has 1 aromatic carbocycles. The minimum Gasteiger partial charge on any atom is -0.478 e. The number of carbonyl (C=O) groups excluding carboxylic acids is 2. The maximum atomic E-state index is 11.6. The van der Waals surface area contributed by atoms with Gasteiger partial charge in [-0.2, -0.15) is 0 Å². The van der Waals surface area contributed by atoms with Gasteiger partial charge in [0, 0.05) is 13.0 Å². The van der Waals surface area contributed by atoms with E-state index in [1.165, 1.54) is 0 Å². The van der Waals surface area contributed by atoms with Crippen LogP contribution in [0, 0.1) is 0 Å². The molecule has 1 aliphatic heterocycles. The third-order valence-electron chi connectivity index (χ3n) is 3.60. The molecule has 1 amide bonds. The summed E-state index contributed by atoms with van der Waals surface area (Å²) in [5.41, 5.74) is 1.30. The molecule has 0 aliphatic carbocycles. The van der Waals surface area contributed by atoms with Crippen LogP contribution in [0.1, 0.15) is 35.2 Å². The Hall–Kier alpha value is -2.17. The van der Waals surface area contributed by atoms with Gasteiger partial charge in [0.1, 0.15) is 6.29 Å². The summed E-state index contributed by atoms with van der Waals surface area (Å²) in [6.45, 7) is 0.572. The highest BCUT2D eigenvalue weighted by molar-refractivity contribution is 5.87. The lowest BCUT2D eigenvalue weighted by Crippen LogP contribution is -2.34. The average molecular weight is 275 g/mol. The molecule has 1 unspecified atom stereocenters. The van der Waals surface area contributed by atoms with Crippen LogP contribution < -0.4 is 0 Å². The number of nitrogens with zero attached hydrogens (tertiary/aromatic N) is 1. The normalized spacial score (nSPS) is 18.3. The molecule has 1 heterocycles. The van der Waals surface area contributed by atoms with Gasteiger partial charge in [-0.05, 0) is 37.0 Å². The molecule has 2 rings (SSSR count). The van der Waals surface area contributed by atoms with Crippen molar-refractivity contribution in [1.29, 1.82) is 0 Å². The Bertz CT molecular complexity index is 509. The average Bonchev–Trinajstić information content (AvgIpc) is 2.80. The summed E-state index contributed by atoms with van der Waals surface area (Å²) in [5, 5.41) is 8.80. The highest BCUT2D eigenvalue weighted by Crippen LogP contribution is 2.18. The molecule has 106 valence electrons. The molecule has 1 saturated heterocycles. The standard InChI is InChI=1S/C15H17NO4/c17-10-13-7-8-14(18)16(13)9-1-2-11-3-5-12(6-4-11)15(19)20/h3-6,10,13H,1-2,7-9H2,(H,19,20). The van der Waals surface area contributed by atoms with Crippen molar-refractivity contribution in [3.8, 4) is 0 Å². The Labute approximate surface area is 117 Å². The van der Waals surface area contributed by atoms with Crippen LogP contribution in [0.2, 0.25) is 0 Å². The van der Waals surface area contributed by atoms with Crippen molar-refractivity contribution < 1.29 is 19.5 Å². The summed E-state index contributed by atoms with van der Waals surface area (Å²) in [7, 11) is 0. The van der Waals surface area contributed by atoms with E-state index in [0.29, 0.717) is 19.4 Å². The number of rotatable bonds is 6. The highest BCUT2D eigenvalue weighted by atomic mass is 16.4. The molecule has 1 aliphatic rings. The van der Waals surface area contributed by atoms with Crippen LogP contribution in [0.25, 0.3) is 0 Å². The van der Waals surface area contributed by atoms with Crippen molar-refractivity contribution in [3.05, 3.63) is 35.4 Å². The lowest BCUT2D eigenvalue weighted by Gasteiger charge is -2.20. The van der Waals surface area contributed by atoms with E-state index in [2.05, 4.69) is 0 Å². The van der Waals surface area contributed by atoms with E-state index in [4.69, 9.17) is 5.11 Å². The van der Waals surface area contributed by atoms with E-state index < -0.39 is 5.97 Å². The van der Waals surface area contributed by atoms with Gasteiger partial charge in [-0.15, -0.1) is 0 Å². The molecule has 1 aromatic rings. The number of hydrogen-bond donors (Lipinski definition) is 1. The second-order valence-corrected chi connectivity index (χ2v) is 4.93. The van der Waals surface area contributed by atoms with Gasteiger partial charge in [-0.25, -0.2) is 4.79 Å². The van der Waals surface area contributed by atoms with Crippen LogP contribution in [0.3, 0.4) is 0 Å². The van der Waals surface area contributed by atoms with Crippen LogP contribution >= 0.6 is 0 Å². The fourth-order valence-electron chi connectivity index (χ4n) is 2.46. The second kappa shape index (κ2) is 6.32. The third kappa shape index (κ3) is 3.23. The molecule has 20 heavy (non-hydrogen) atoms. The number of amides is 1. The molecule has 1 N–H and O–H groups in total. The maximum Gasteiger partial charge on any atom is 0.335 e. The lowest BCUT2D eigenvalue weighted by atomic mass is 10.1. The summed E-state index contributed by atoms with van der Waals surface area (Å²) < 4.78 is 0. The lowest BCUT2D eigenvalue weighted by molar-refractivity contribution is -0.131. The molecule has 0 bridgehead atoms. The topological polar surface area (TPSA) is 74.7 Å². The fourth-order valence-corrected chi connectivity index (χ4v) is 2.46. The van der Waals surface area contributed by atoms with Crippen molar-refractivity contribution in [2.45, 2.75) is 31.7 Å². The third-order valence-corrected chi connectivity index (χ3v) is 3.60. The SMILES string of the molecule is O=CC1CCC(=O)N1CCCc1ccc(C(=O)O)cc1. The minimum absolute atomic E-state index is 0.0447. The van der Waals surface area contributed by atoms with E-state index in [1.807, 2.05) is 0 Å². The van der Waals surface area contributed by atoms with Gasteiger partial charge >= 0.3 is 5.97 Å². The van der Waals surface area contributed by atoms with E-state index >= 15 is 0 Å². The van der Waals surface area contributed by atoms with Crippen molar-refractivity contribution in [2.24, 2.45) is 0 Å². The van der Waals surface area contributed by atoms with E-state index in [1.54, 1.807) is 29.2 Å². The molecular formula is C15H17NO4. The van der Waals surface area contributed by atoms with Crippen molar-refractivity contribution >= 4 is 18.2 Å². The first-order valence-electron chi connectivity index (χ1n) is 6.69. The summed E-state index contributed by atoms with van der Waals surface area (Å²) in [5.74, 6) is -0.892. The van der Waals surface area contributed by atoms with Gasteiger partial charge in [-0.1, -0.05) is 12.1 Å². The zero-order valence-corrected chi connectivity index (χ0v) is 11.1. The van der Waals surface area contributed by atoms with E-state index in [-0.39, 0.29) is 17.5 Å². The number of carboxylic acids is 1. The van der Waals surface area contributed by atoms with Crippen LogP contribution in [-0.2, 0) is 16.0 Å². The Morgan fingerprint density at radius 1 is 1.35 bits per heavy atom. The number of carbonyl (C=O) groups is 3. The number of hydrogen-bond acceptors (Lipinski definition) is 3.